The number of hydrogen-bond acceptors (Lipinski definition) is 7. The van der Waals surface area contributed by atoms with Crippen molar-refractivity contribution in [2.75, 3.05) is 6.61 Å². The minimum Gasteiger partial charge on any atom is -0.444 e. The van der Waals surface area contributed by atoms with Gasteiger partial charge in [0.15, 0.2) is 12.1 Å². The zero-order chi connectivity index (χ0) is 18.6. The molecule has 0 aromatic heterocycles. The standard InChI is InChI=1S/C17H27NO7/c1-8(19)9-7-21-12-11(10(9)18-15(20)25-16(2,3)4)22-14-13(12)23-17(5,6)24-14/h9-14H,7H2,1-6H3,(H,18,20)/t9-,10+,11+,12+,13+,14+/m0/s1. The molecule has 8 heteroatoms. The maximum atomic E-state index is 12.2. The molecule has 0 spiro atoms. The SMILES string of the molecule is CC(=O)[C@@H]1CO[C@@H]2[C@H](O[C@@H]3OC(C)(C)O[C@@H]32)[C@@H]1NC(=O)OC(C)(C)C. The van der Waals surface area contributed by atoms with Crippen molar-refractivity contribution in [2.24, 2.45) is 5.92 Å². The second-order valence-corrected chi connectivity index (χ2v) is 8.26. The lowest BCUT2D eigenvalue weighted by molar-refractivity contribution is -0.232. The molecule has 25 heavy (non-hydrogen) atoms. The highest BCUT2D eigenvalue weighted by atomic mass is 16.8. The van der Waals surface area contributed by atoms with Gasteiger partial charge in [-0.2, -0.15) is 0 Å². The van der Waals surface area contributed by atoms with Crippen LogP contribution in [-0.2, 0) is 28.5 Å². The summed E-state index contributed by atoms with van der Waals surface area (Å²) in [5.41, 5.74) is -0.635. The predicted octanol–water partition coefficient (Wildman–Crippen LogP) is 1.36. The summed E-state index contributed by atoms with van der Waals surface area (Å²) in [6, 6.07) is -0.563. The summed E-state index contributed by atoms with van der Waals surface area (Å²) in [6.07, 6.45) is -2.52. The molecule has 0 radical (unpaired) electrons. The van der Waals surface area contributed by atoms with Crippen LogP contribution in [0.15, 0.2) is 0 Å². The second-order valence-electron chi connectivity index (χ2n) is 8.26. The smallest absolute Gasteiger partial charge is 0.407 e. The number of hydrogen-bond donors (Lipinski definition) is 1. The topological polar surface area (TPSA) is 92.3 Å². The molecular formula is C17H27NO7. The number of ketones is 1. The van der Waals surface area contributed by atoms with E-state index < -0.39 is 54.0 Å². The van der Waals surface area contributed by atoms with Crippen LogP contribution in [0.2, 0.25) is 0 Å². The van der Waals surface area contributed by atoms with Crippen molar-refractivity contribution >= 4 is 11.9 Å². The molecule has 0 aromatic carbocycles. The minimum absolute atomic E-state index is 0.0812. The van der Waals surface area contributed by atoms with Gasteiger partial charge in [-0.15, -0.1) is 0 Å². The summed E-state index contributed by atoms with van der Waals surface area (Å²) in [5.74, 6) is -1.35. The van der Waals surface area contributed by atoms with E-state index in [9.17, 15) is 9.59 Å². The van der Waals surface area contributed by atoms with Gasteiger partial charge in [0, 0.05) is 0 Å². The summed E-state index contributed by atoms with van der Waals surface area (Å²) in [6.45, 7) is 10.6. The van der Waals surface area contributed by atoms with Crippen LogP contribution >= 0.6 is 0 Å². The fourth-order valence-electron chi connectivity index (χ4n) is 3.53. The van der Waals surface area contributed by atoms with Crippen molar-refractivity contribution in [3.63, 3.8) is 0 Å². The highest BCUT2D eigenvalue weighted by molar-refractivity contribution is 5.80. The number of amides is 1. The quantitative estimate of drug-likeness (QED) is 0.798. The van der Waals surface area contributed by atoms with E-state index in [1.54, 1.807) is 34.6 Å². The lowest BCUT2D eigenvalue weighted by Gasteiger charge is -2.39. The number of ether oxygens (including phenoxy) is 5. The van der Waals surface area contributed by atoms with Crippen LogP contribution in [0.1, 0.15) is 41.5 Å². The van der Waals surface area contributed by atoms with Crippen molar-refractivity contribution < 1.29 is 33.3 Å². The van der Waals surface area contributed by atoms with Gasteiger partial charge in [-0.1, -0.05) is 0 Å². The van der Waals surface area contributed by atoms with Gasteiger partial charge in [0.2, 0.25) is 0 Å². The van der Waals surface area contributed by atoms with Crippen molar-refractivity contribution in [3.8, 4) is 0 Å². The summed E-state index contributed by atoms with van der Waals surface area (Å²) in [4.78, 5) is 24.3. The summed E-state index contributed by atoms with van der Waals surface area (Å²) in [5, 5.41) is 2.79. The van der Waals surface area contributed by atoms with Crippen LogP contribution in [-0.4, -0.2) is 60.5 Å². The molecule has 6 atom stereocenters. The lowest BCUT2D eigenvalue weighted by atomic mass is 9.86. The molecule has 3 aliphatic heterocycles. The van der Waals surface area contributed by atoms with Crippen molar-refractivity contribution in [3.05, 3.63) is 0 Å². The predicted molar refractivity (Wildman–Crippen MR) is 85.8 cm³/mol. The van der Waals surface area contributed by atoms with Gasteiger partial charge >= 0.3 is 6.09 Å². The number of Topliss-reactive ketones (excluding diaryl/α,β-unsaturated/α-hetero) is 1. The summed E-state index contributed by atoms with van der Waals surface area (Å²) >= 11 is 0. The van der Waals surface area contributed by atoms with E-state index in [2.05, 4.69) is 5.32 Å². The second kappa shape index (κ2) is 6.19. The zero-order valence-corrected chi connectivity index (χ0v) is 15.5. The summed E-state index contributed by atoms with van der Waals surface area (Å²) < 4.78 is 28.7. The third-order valence-electron chi connectivity index (χ3n) is 4.49. The average Bonchev–Trinajstić information content (AvgIpc) is 2.88. The van der Waals surface area contributed by atoms with Crippen molar-refractivity contribution in [2.45, 2.75) is 83.6 Å². The molecule has 3 fully saturated rings. The third kappa shape index (κ3) is 3.81. The van der Waals surface area contributed by atoms with E-state index in [-0.39, 0.29) is 12.4 Å². The van der Waals surface area contributed by atoms with E-state index in [4.69, 9.17) is 23.7 Å². The Morgan fingerprint density at radius 2 is 1.80 bits per heavy atom. The third-order valence-corrected chi connectivity index (χ3v) is 4.49. The van der Waals surface area contributed by atoms with E-state index >= 15 is 0 Å². The van der Waals surface area contributed by atoms with Crippen LogP contribution in [0, 0.1) is 5.92 Å². The zero-order valence-electron chi connectivity index (χ0n) is 15.5. The van der Waals surface area contributed by atoms with Crippen LogP contribution < -0.4 is 5.32 Å². The van der Waals surface area contributed by atoms with Crippen LogP contribution in [0.4, 0.5) is 4.79 Å². The van der Waals surface area contributed by atoms with Crippen LogP contribution in [0.3, 0.4) is 0 Å². The van der Waals surface area contributed by atoms with E-state index in [1.165, 1.54) is 6.92 Å². The molecule has 0 aliphatic carbocycles. The summed E-state index contributed by atoms with van der Waals surface area (Å²) in [7, 11) is 0. The minimum atomic E-state index is -0.755. The van der Waals surface area contributed by atoms with E-state index in [0.29, 0.717) is 0 Å². The Labute approximate surface area is 147 Å². The maximum absolute atomic E-state index is 12.2. The van der Waals surface area contributed by atoms with Gasteiger partial charge in [-0.25, -0.2) is 4.79 Å². The molecule has 8 nitrogen and oxygen atoms in total. The molecule has 3 heterocycles. The molecule has 3 saturated heterocycles. The van der Waals surface area contributed by atoms with Crippen LogP contribution in [0.25, 0.3) is 0 Å². The fraction of sp³-hybridized carbons (Fsp3) is 0.882. The Kier molecular flexibility index (Phi) is 4.60. The molecule has 0 bridgehead atoms. The number of nitrogens with one attached hydrogen (secondary N) is 1. The first-order chi connectivity index (χ1) is 11.5. The van der Waals surface area contributed by atoms with Gasteiger partial charge in [0.1, 0.15) is 29.7 Å². The normalized spacial score (nSPS) is 39.4. The Bertz CT molecular complexity index is 556. The van der Waals surface area contributed by atoms with Gasteiger partial charge in [0.05, 0.1) is 18.6 Å². The first-order valence-electron chi connectivity index (χ1n) is 8.59. The van der Waals surface area contributed by atoms with Crippen molar-refractivity contribution in [1.82, 2.24) is 5.32 Å². The largest absolute Gasteiger partial charge is 0.444 e. The van der Waals surface area contributed by atoms with E-state index in [1.807, 2.05) is 0 Å². The molecule has 142 valence electrons. The number of carbonyl (C=O) groups is 2. The Balaban J connectivity index is 1.76. The highest BCUT2D eigenvalue weighted by Gasteiger charge is 2.60. The maximum Gasteiger partial charge on any atom is 0.407 e. The van der Waals surface area contributed by atoms with Gasteiger partial charge < -0.3 is 29.0 Å². The van der Waals surface area contributed by atoms with Crippen LogP contribution in [0.5, 0.6) is 0 Å². The van der Waals surface area contributed by atoms with Crippen molar-refractivity contribution in [1.29, 1.82) is 0 Å². The first kappa shape index (κ1) is 18.6. The number of rotatable bonds is 2. The molecular weight excluding hydrogens is 330 g/mol. The fourth-order valence-corrected chi connectivity index (χ4v) is 3.53. The Hall–Kier alpha value is -1.22. The van der Waals surface area contributed by atoms with Gasteiger partial charge in [0.25, 0.3) is 0 Å². The molecule has 1 amide bonds. The molecule has 3 rings (SSSR count). The molecule has 0 aromatic rings. The number of alkyl carbamates (subject to hydrolysis) is 1. The number of carbonyl (C=O) groups excluding carboxylic acids is 2. The Morgan fingerprint density at radius 1 is 1.12 bits per heavy atom. The van der Waals surface area contributed by atoms with Gasteiger partial charge in [-0.05, 0) is 41.5 Å². The van der Waals surface area contributed by atoms with Gasteiger partial charge in [-0.3, -0.25) is 4.79 Å². The first-order valence-corrected chi connectivity index (χ1v) is 8.59. The van der Waals surface area contributed by atoms with E-state index in [0.717, 1.165) is 0 Å². The lowest BCUT2D eigenvalue weighted by Crippen LogP contribution is -2.60. The molecule has 3 aliphatic rings. The number of fused-ring (bicyclic) bond motifs is 3. The molecule has 1 N–H and O–H groups in total. The monoisotopic (exact) mass is 357 g/mol. The molecule has 0 saturated carbocycles. The Morgan fingerprint density at radius 3 is 2.40 bits per heavy atom. The molecule has 0 unspecified atom stereocenters. The average molecular weight is 357 g/mol. The highest BCUT2D eigenvalue weighted by Crippen LogP contribution is 2.42.